The number of guanidine groups is 1. The molecule has 0 saturated carbocycles. The minimum atomic E-state index is 0. The molecule has 28 heavy (non-hydrogen) atoms. The number of aliphatic imine (C=N–C) groups is 1. The van der Waals surface area contributed by atoms with Gasteiger partial charge in [-0.15, -0.1) is 24.0 Å². The highest BCUT2D eigenvalue weighted by molar-refractivity contribution is 14.0. The Kier molecular flexibility index (Phi) is 8.35. The molecule has 3 rings (SSSR count). The molecule has 2 aromatic heterocycles. The van der Waals surface area contributed by atoms with E-state index in [2.05, 4.69) is 75.3 Å². The number of hydrogen-bond donors (Lipinski definition) is 3. The molecule has 0 aliphatic carbocycles. The number of aryl methyl sites for hydroxylation is 1. The Morgan fingerprint density at radius 1 is 1.29 bits per heavy atom. The maximum Gasteiger partial charge on any atom is 0.191 e. The number of aromatic nitrogens is 3. The van der Waals surface area contributed by atoms with Gasteiger partial charge in [0.1, 0.15) is 5.82 Å². The highest BCUT2D eigenvalue weighted by Gasteiger charge is 2.08. The Morgan fingerprint density at radius 3 is 2.86 bits per heavy atom. The third kappa shape index (κ3) is 5.50. The predicted molar refractivity (Wildman–Crippen MR) is 127 cm³/mol. The zero-order chi connectivity index (χ0) is 19.2. The maximum absolute atomic E-state index is 4.45. The number of benzene rings is 1. The van der Waals surface area contributed by atoms with E-state index in [-0.39, 0.29) is 24.0 Å². The molecule has 0 unspecified atom stereocenters. The van der Waals surface area contributed by atoms with Gasteiger partial charge in [0, 0.05) is 49.6 Å². The average molecular weight is 494 g/mol. The number of fused-ring (bicyclic) bond motifs is 1. The van der Waals surface area contributed by atoms with Crippen LogP contribution in [0.2, 0.25) is 0 Å². The molecule has 0 saturated heterocycles. The van der Waals surface area contributed by atoms with Crippen molar-refractivity contribution in [2.75, 3.05) is 13.6 Å². The summed E-state index contributed by atoms with van der Waals surface area (Å²) in [6.45, 7) is 9.04. The van der Waals surface area contributed by atoms with Crippen molar-refractivity contribution in [1.82, 2.24) is 25.2 Å². The lowest BCUT2D eigenvalue weighted by molar-refractivity contribution is 0.503. The summed E-state index contributed by atoms with van der Waals surface area (Å²) in [5.74, 6) is 2.42. The van der Waals surface area contributed by atoms with E-state index in [4.69, 9.17) is 0 Å². The van der Waals surface area contributed by atoms with Crippen LogP contribution in [0.4, 0.5) is 0 Å². The third-order valence-electron chi connectivity index (χ3n) is 4.68. The van der Waals surface area contributed by atoms with Crippen LogP contribution < -0.4 is 10.6 Å². The fourth-order valence-corrected chi connectivity index (χ4v) is 3.41. The van der Waals surface area contributed by atoms with Gasteiger partial charge in [0.15, 0.2) is 5.96 Å². The molecular formula is C21H31IN6. The second-order valence-electron chi connectivity index (χ2n) is 7.30. The number of nitrogens with zero attached hydrogens (tertiary/aromatic N) is 3. The van der Waals surface area contributed by atoms with Crippen molar-refractivity contribution >= 4 is 40.8 Å². The first kappa shape index (κ1) is 22.3. The normalized spacial score (nSPS) is 11.7. The summed E-state index contributed by atoms with van der Waals surface area (Å²) < 4.78 is 2.19. The second-order valence-corrected chi connectivity index (χ2v) is 7.30. The molecule has 3 aromatic rings. The van der Waals surface area contributed by atoms with Gasteiger partial charge in [0.25, 0.3) is 0 Å². The van der Waals surface area contributed by atoms with Crippen LogP contribution in [0, 0.1) is 12.8 Å². The van der Waals surface area contributed by atoms with Crippen molar-refractivity contribution in [1.29, 1.82) is 0 Å². The zero-order valence-corrected chi connectivity index (χ0v) is 19.5. The highest BCUT2D eigenvalue weighted by atomic mass is 127. The number of H-pyrrole nitrogens is 1. The molecule has 0 fully saturated rings. The Labute approximate surface area is 184 Å². The molecule has 0 amide bonds. The fraction of sp³-hybridized carbons (Fsp3) is 0.429. The van der Waals surface area contributed by atoms with Crippen molar-refractivity contribution in [3.63, 3.8) is 0 Å². The first-order chi connectivity index (χ1) is 13.1. The van der Waals surface area contributed by atoms with E-state index in [9.17, 15) is 0 Å². The van der Waals surface area contributed by atoms with Gasteiger partial charge in [-0.3, -0.25) is 4.99 Å². The van der Waals surface area contributed by atoms with E-state index in [1.807, 2.05) is 12.4 Å². The van der Waals surface area contributed by atoms with Crippen molar-refractivity contribution in [2.24, 2.45) is 10.9 Å². The predicted octanol–water partition coefficient (Wildman–Crippen LogP) is 3.85. The number of nitrogens with one attached hydrogen (secondary N) is 3. The first-order valence-electron chi connectivity index (χ1n) is 9.58. The van der Waals surface area contributed by atoms with Gasteiger partial charge >= 0.3 is 0 Å². The van der Waals surface area contributed by atoms with E-state index >= 15 is 0 Å². The van der Waals surface area contributed by atoms with E-state index < -0.39 is 0 Å². The lowest BCUT2D eigenvalue weighted by Crippen LogP contribution is -2.38. The molecule has 3 N–H and O–H groups in total. The lowest BCUT2D eigenvalue weighted by Gasteiger charge is -2.14. The molecule has 6 nitrogen and oxygen atoms in total. The van der Waals surface area contributed by atoms with E-state index in [0.717, 1.165) is 31.3 Å². The molecule has 0 spiro atoms. The van der Waals surface area contributed by atoms with Gasteiger partial charge in [-0.25, -0.2) is 4.98 Å². The summed E-state index contributed by atoms with van der Waals surface area (Å²) in [5, 5.41) is 8.10. The van der Waals surface area contributed by atoms with Crippen molar-refractivity contribution in [2.45, 2.75) is 40.3 Å². The summed E-state index contributed by atoms with van der Waals surface area (Å²) in [6.07, 6.45) is 6.94. The molecule has 2 heterocycles. The summed E-state index contributed by atoms with van der Waals surface area (Å²) in [6, 6.07) is 6.37. The Bertz CT molecular complexity index is 909. The highest BCUT2D eigenvalue weighted by Crippen LogP contribution is 2.22. The molecule has 0 aliphatic rings. The van der Waals surface area contributed by atoms with Gasteiger partial charge in [-0.2, -0.15) is 0 Å². The van der Waals surface area contributed by atoms with E-state index in [1.54, 1.807) is 7.05 Å². The molecule has 7 heteroatoms. The monoisotopic (exact) mass is 494 g/mol. The van der Waals surface area contributed by atoms with Crippen LogP contribution in [-0.2, 0) is 19.5 Å². The molecule has 152 valence electrons. The number of rotatable bonds is 7. The van der Waals surface area contributed by atoms with Crippen LogP contribution in [-0.4, -0.2) is 34.1 Å². The van der Waals surface area contributed by atoms with Crippen molar-refractivity contribution in [3.8, 4) is 0 Å². The van der Waals surface area contributed by atoms with Crippen LogP contribution in [0.5, 0.6) is 0 Å². The topological polar surface area (TPSA) is 70.0 Å². The second kappa shape index (κ2) is 10.5. The largest absolute Gasteiger partial charge is 0.361 e. The molecule has 0 atom stereocenters. The standard InChI is InChI=1S/C21H30N6.HI/c1-15(2)14-27-11-10-23-19(27)13-26-21(22-4)24-9-8-17-12-25-18-7-5-6-16(3)20(17)18;/h5-7,10-12,15,25H,8-9,13-14H2,1-4H3,(H2,22,24,26);1H. The van der Waals surface area contributed by atoms with Gasteiger partial charge in [0.2, 0.25) is 0 Å². The number of imidazole rings is 1. The van der Waals surface area contributed by atoms with Crippen molar-refractivity contribution < 1.29 is 0 Å². The van der Waals surface area contributed by atoms with Gasteiger partial charge in [-0.1, -0.05) is 26.0 Å². The van der Waals surface area contributed by atoms with E-state index in [1.165, 1.54) is 22.0 Å². The maximum atomic E-state index is 4.45. The van der Waals surface area contributed by atoms with Crippen LogP contribution in [0.25, 0.3) is 10.9 Å². The average Bonchev–Trinajstić information content (AvgIpc) is 3.25. The number of aromatic amines is 1. The Morgan fingerprint density at radius 2 is 2.11 bits per heavy atom. The summed E-state index contributed by atoms with van der Waals surface area (Å²) in [4.78, 5) is 12.1. The summed E-state index contributed by atoms with van der Waals surface area (Å²) in [7, 11) is 1.80. The first-order valence-corrected chi connectivity index (χ1v) is 9.58. The zero-order valence-electron chi connectivity index (χ0n) is 17.1. The lowest BCUT2D eigenvalue weighted by atomic mass is 10.1. The Hall–Kier alpha value is -2.03. The van der Waals surface area contributed by atoms with Crippen molar-refractivity contribution in [3.05, 3.63) is 53.7 Å². The molecular weight excluding hydrogens is 463 g/mol. The molecule has 0 bridgehead atoms. The summed E-state index contributed by atoms with van der Waals surface area (Å²) in [5.41, 5.74) is 3.84. The molecule has 1 aromatic carbocycles. The Balaban J connectivity index is 0.00000280. The van der Waals surface area contributed by atoms with E-state index in [0.29, 0.717) is 12.5 Å². The van der Waals surface area contributed by atoms with Gasteiger partial charge in [-0.05, 0) is 36.5 Å². The quantitative estimate of drug-likeness (QED) is 0.266. The minimum Gasteiger partial charge on any atom is -0.361 e. The summed E-state index contributed by atoms with van der Waals surface area (Å²) >= 11 is 0. The number of hydrogen-bond acceptors (Lipinski definition) is 2. The molecule has 0 radical (unpaired) electrons. The minimum absolute atomic E-state index is 0. The van der Waals surface area contributed by atoms with Gasteiger partial charge < -0.3 is 20.2 Å². The smallest absolute Gasteiger partial charge is 0.191 e. The van der Waals surface area contributed by atoms with Crippen LogP contribution in [0.15, 0.2) is 41.8 Å². The van der Waals surface area contributed by atoms with Crippen LogP contribution >= 0.6 is 24.0 Å². The molecule has 0 aliphatic heterocycles. The van der Waals surface area contributed by atoms with Crippen LogP contribution in [0.3, 0.4) is 0 Å². The van der Waals surface area contributed by atoms with Gasteiger partial charge in [0.05, 0.1) is 6.54 Å². The van der Waals surface area contributed by atoms with Crippen LogP contribution in [0.1, 0.15) is 30.8 Å². The fourth-order valence-electron chi connectivity index (χ4n) is 3.41. The number of halogens is 1. The third-order valence-corrected chi connectivity index (χ3v) is 4.68. The SMILES string of the molecule is CN=C(NCCc1c[nH]c2cccc(C)c12)NCc1nccn1CC(C)C.I.